The Morgan fingerprint density at radius 1 is 1.00 bits per heavy atom. The van der Waals surface area contributed by atoms with Crippen LogP contribution in [-0.2, 0) is 29.5 Å². The fraction of sp³-hybridized carbons (Fsp3) is 0.269. The van der Waals surface area contributed by atoms with Crippen LogP contribution >= 0.6 is 0 Å². The predicted octanol–water partition coefficient (Wildman–Crippen LogP) is 3.05. The first-order valence-corrected chi connectivity index (χ1v) is 11.2. The summed E-state index contributed by atoms with van der Waals surface area (Å²) >= 11 is 0. The Morgan fingerprint density at radius 2 is 1.77 bits per heavy atom. The molecule has 180 valence electrons. The number of benzene rings is 1. The lowest BCUT2D eigenvalue weighted by Gasteiger charge is -2.16. The van der Waals surface area contributed by atoms with Crippen molar-refractivity contribution in [2.45, 2.75) is 33.2 Å². The van der Waals surface area contributed by atoms with E-state index in [0.29, 0.717) is 41.8 Å². The van der Waals surface area contributed by atoms with Gasteiger partial charge in [0, 0.05) is 31.3 Å². The van der Waals surface area contributed by atoms with E-state index in [1.165, 1.54) is 10.8 Å². The van der Waals surface area contributed by atoms with Gasteiger partial charge in [0.05, 0.1) is 24.4 Å². The molecule has 0 unspecified atom stereocenters. The summed E-state index contributed by atoms with van der Waals surface area (Å²) in [5.74, 6) is 0.924. The lowest BCUT2D eigenvalue weighted by molar-refractivity contribution is -0.128. The number of carbonyl (C=O) groups excluding carboxylic acids is 1. The van der Waals surface area contributed by atoms with Gasteiger partial charge in [-0.2, -0.15) is 0 Å². The normalized spacial score (nSPS) is 10.9. The minimum atomic E-state index is -0.487. The highest BCUT2D eigenvalue weighted by Crippen LogP contribution is 2.30. The van der Waals surface area contributed by atoms with Crippen molar-refractivity contribution in [1.29, 1.82) is 0 Å². The standard InChI is InChI=1S/C26H26N4O5/c1-17-5-8-19(9-6-17)13-21-22(35-20-10-7-18(2)27-14-20)15-28-24-23(21)25(32)30(26(33)29(24)3)11-4-12-34-16-31/h5-10,14-16H,4,11-13H2,1-3H3. The number of carbonyl (C=O) groups is 1. The molecule has 0 atom stereocenters. The molecule has 0 aliphatic carbocycles. The Labute approximate surface area is 201 Å². The van der Waals surface area contributed by atoms with Gasteiger partial charge in [-0.3, -0.25) is 23.7 Å². The second-order valence-corrected chi connectivity index (χ2v) is 8.32. The smallest absolute Gasteiger partial charge is 0.332 e. The molecule has 9 heteroatoms. The summed E-state index contributed by atoms with van der Waals surface area (Å²) in [6.07, 6.45) is 3.87. The van der Waals surface area contributed by atoms with Crippen LogP contribution in [0.3, 0.4) is 0 Å². The summed E-state index contributed by atoms with van der Waals surface area (Å²) in [5.41, 5.74) is 2.90. The van der Waals surface area contributed by atoms with Gasteiger partial charge in [-0.1, -0.05) is 29.8 Å². The van der Waals surface area contributed by atoms with Crippen molar-refractivity contribution in [3.63, 3.8) is 0 Å². The van der Waals surface area contributed by atoms with E-state index in [-0.39, 0.29) is 18.8 Å². The van der Waals surface area contributed by atoms with Crippen LogP contribution in [0, 0.1) is 13.8 Å². The number of nitrogens with zero attached hydrogens (tertiary/aromatic N) is 4. The number of hydrogen-bond donors (Lipinski definition) is 0. The Hall–Kier alpha value is -4.27. The molecule has 1 aromatic carbocycles. The van der Waals surface area contributed by atoms with Gasteiger partial charge in [0.15, 0.2) is 0 Å². The molecule has 3 aromatic heterocycles. The molecule has 4 aromatic rings. The molecule has 4 rings (SSSR count). The minimum absolute atomic E-state index is 0.103. The van der Waals surface area contributed by atoms with E-state index in [2.05, 4.69) is 9.97 Å². The fourth-order valence-corrected chi connectivity index (χ4v) is 3.86. The molecule has 9 nitrogen and oxygen atoms in total. The largest absolute Gasteiger partial charge is 0.468 e. The Morgan fingerprint density at radius 3 is 2.46 bits per heavy atom. The molecule has 0 saturated heterocycles. The lowest BCUT2D eigenvalue weighted by atomic mass is 10.0. The Bertz CT molecular complexity index is 1470. The molecule has 0 spiro atoms. The van der Waals surface area contributed by atoms with Gasteiger partial charge in [0.25, 0.3) is 12.0 Å². The van der Waals surface area contributed by atoms with Crippen molar-refractivity contribution in [1.82, 2.24) is 19.1 Å². The van der Waals surface area contributed by atoms with Crippen LogP contribution in [0.1, 0.15) is 28.8 Å². The molecule has 0 aliphatic heterocycles. The molecule has 0 aliphatic rings. The SMILES string of the molecule is Cc1ccc(Cc2c(Oc3ccc(C)nc3)cnc3c2c(=O)n(CCCOC=O)c(=O)n3C)cc1. The molecule has 0 saturated carbocycles. The highest BCUT2D eigenvalue weighted by atomic mass is 16.5. The van der Waals surface area contributed by atoms with E-state index in [1.807, 2.05) is 44.2 Å². The second-order valence-electron chi connectivity index (χ2n) is 8.32. The van der Waals surface area contributed by atoms with Gasteiger partial charge in [0.2, 0.25) is 0 Å². The predicted molar refractivity (Wildman–Crippen MR) is 131 cm³/mol. The Balaban J connectivity index is 1.90. The third-order valence-electron chi connectivity index (χ3n) is 5.75. The molecule has 35 heavy (non-hydrogen) atoms. The molecular weight excluding hydrogens is 448 g/mol. The van der Waals surface area contributed by atoms with Gasteiger partial charge in [0.1, 0.15) is 17.1 Å². The van der Waals surface area contributed by atoms with Gasteiger partial charge >= 0.3 is 5.69 Å². The summed E-state index contributed by atoms with van der Waals surface area (Å²) in [7, 11) is 1.58. The number of hydrogen-bond acceptors (Lipinski definition) is 7. The van der Waals surface area contributed by atoms with Crippen LogP contribution in [0.5, 0.6) is 11.5 Å². The van der Waals surface area contributed by atoms with Crippen molar-refractivity contribution in [2.24, 2.45) is 7.05 Å². The molecule has 0 amide bonds. The van der Waals surface area contributed by atoms with Crippen molar-refractivity contribution < 1.29 is 14.3 Å². The van der Waals surface area contributed by atoms with Crippen LogP contribution in [0.15, 0.2) is 58.4 Å². The van der Waals surface area contributed by atoms with Crippen LogP contribution in [0.25, 0.3) is 11.0 Å². The second kappa shape index (κ2) is 10.3. The lowest BCUT2D eigenvalue weighted by Crippen LogP contribution is -2.40. The molecule has 0 bridgehead atoms. The summed E-state index contributed by atoms with van der Waals surface area (Å²) in [6.45, 7) is 4.44. The van der Waals surface area contributed by atoms with Gasteiger partial charge in [-0.05, 0) is 38.0 Å². The maximum Gasteiger partial charge on any atom is 0.332 e. The first-order valence-electron chi connectivity index (χ1n) is 11.2. The average molecular weight is 475 g/mol. The minimum Gasteiger partial charge on any atom is -0.468 e. The summed E-state index contributed by atoms with van der Waals surface area (Å²) in [5, 5.41) is 0.307. The third kappa shape index (κ3) is 5.13. The average Bonchev–Trinajstić information content (AvgIpc) is 2.85. The van der Waals surface area contributed by atoms with Crippen LogP contribution in [0.2, 0.25) is 0 Å². The van der Waals surface area contributed by atoms with E-state index < -0.39 is 11.2 Å². The molecule has 0 N–H and O–H groups in total. The van der Waals surface area contributed by atoms with E-state index in [0.717, 1.165) is 21.4 Å². The number of aryl methyl sites for hydroxylation is 3. The zero-order valence-corrected chi connectivity index (χ0v) is 19.9. The van der Waals surface area contributed by atoms with E-state index in [1.54, 1.807) is 19.3 Å². The van der Waals surface area contributed by atoms with E-state index in [4.69, 9.17) is 9.47 Å². The first kappa shape index (κ1) is 23.9. The summed E-state index contributed by atoms with van der Waals surface area (Å²) in [4.78, 5) is 45.7. The number of fused-ring (bicyclic) bond motifs is 1. The van der Waals surface area contributed by atoms with Gasteiger partial charge in [-0.25, -0.2) is 9.78 Å². The summed E-state index contributed by atoms with van der Waals surface area (Å²) < 4.78 is 13.3. The van der Waals surface area contributed by atoms with Crippen LogP contribution in [-0.4, -0.2) is 32.2 Å². The van der Waals surface area contributed by atoms with E-state index in [9.17, 15) is 14.4 Å². The van der Waals surface area contributed by atoms with Crippen molar-refractivity contribution in [3.8, 4) is 11.5 Å². The maximum atomic E-state index is 13.6. The quantitative estimate of drug-likeness (QED) is 0.271. The zero-order chi connectivity index (χ0) is 24.9. The monoisotopic (exact) mass is 474 g/mol. The third-order valence-corrected chi connectivity index (χ3v) is 5.75. The maximum absolute atomic E-state index is 13.6. The topological polar surface area (TPSA) is 105 Å². The molecule has 0 fully saturated rings. The number of aromatic nitrogens is 4. The summed E-state index contributed by atoms with van der Waals surface area (Å²) in [6, 6.07) is 11.6. The molecule has 3 heterocycles. The van der Waals surface area contributed by atoms with Crippen LogP contribution < -0.4 is 16.0 Å². The highest BCUT2D eigenvalue weighted by molar-refractivity contribution is 5.81. The first-order chi connectivity index (χ1) is 16.9. The molecular formula is C26H26N4O5. The van der Waals surface area contributed by atoms with Crippen LogP contribution in [0.4, 0.5) is 0 Å². The van der Waals surface area contributed by atoms with E-state index >= 15 is 0 Å². The number of ether oxygens (including phenoxy) is 2. The fourth-order valence-electron chi connectivity index (χ4n) is 3.86. The van der Waals surface area contributed by atoms with Gasteiger partial charge in [-0.15, -0.1) is 0 Å². The molecule has 0 radical (unpaired) electrons. The number of pyridine rings is 2. The van der Waals surface area contributed by atoms with Crippen molar-refractivity contribution in [2.75, 3.05) is 6.61 Å². The van der Waals surface area contributed by atoms with Gasteiger partial charge < -0.3 is 9.47 Å². The highest BCUT2D eigenvalue weighted by Gasteiger charge is 2.20. The van der Waals surface area contributed by atoms with Crippen molar-refractivity contribution in [3.05, 3.63) is 92.0 Å². The zero-order valence-electron chi connectivity index (χ0n) is 19.9. The number of rotatable bonds is 9. The Kier molecular flexibility index (Phi) is 7.05. The van der Waals surface area contributed by atoms with Crippen molar-refractivity contribution >= 4 is 17.5 Å².